The van der Waals surface area contributed by atoms with Crippen LogP contribution in [0.2, 0.25) is 0 Å². The van der Waals surface area contributed by atoms with Gasteiger partial charge in [0.15, 0.2) is 0 Å². The summed E-state index contributed by atoms with van der Waals surface area (Å²) in [5.41, 5.74) is 0. The highest BCUT2D eigenvalue weighted by atomic mass is 127. The Morgan fingerprint density at radius 2 is 1.73 bits per heavy atom. The molecule has 2 atom stereocenters. The van der Waals surface area contributed by atoms with E-state index in [1.807, 2.05) is 0 Å². The van der Waals surface area contributed by atoms with Gasteiger partial charge < -0.3 is 28.9 Å². The summed E-state index contributed by atoms with van der Waals surface area (Å²) in [4.78, 5) is 1.75. The summed E-state index contributed by atoms with van der Waals surface area (Å²) < 4.78 is 0. The normalized spacial score (nSPS) is 25.2. The zero-order valence-electron chi connectivity index (χ0n) is 10.5. The van der Waals surface area contributed by atoms with Gasteiger partial charge in [-0.3, -0.25) is 0 Å². The Kier molecular flexibility index (Phi) is 10.3. The third kappa shape index (κ3) is 7.56. The van der Waals surface area contributed by atoms with Gasteiger partial charge in [-0.15, -0.1) is 0 Å². The van der Waals surface area contributed by atoms with Crippen molar-refractivity contribution in [3.63, 3.8) is 0 Å². The number of nitrogens with one attached hydrogen (secondary N) is 1. The topological polar surface area (TPSA) is 4.44 Å². The van der Waals surface area contributed by atoms with Gasteiger partial charge in [-0.2, -0.15) is 0 Å². The first-order chi connectivity index (χ1) is 6.83. The maximum atomic E-state index is 2.33. The minimum atomic E-state index is 0. The first-order valence-corrected chi connectivity index (χ1v) is 6.64. The first kappa shape index (κ1) is 15.7. The number of likely N-dealkylation sites (tertiary alicyclic amines) is 1. The van der Waals surface area contributed by atoms with E-state index in [-0.39, 0.29) is 24.0 Å². The van der Waals surface area contributed by atoms with Gasteiger partial charge in [0, 0.05) is 12.3 Å². The Morgan fingerprint density at radius 1 is 1.07 bits per heavy atom. The van der Waals surface area contributed by atoms with Crippen molar-refractivity contribution >= 4 is 0 Å². The molecule has 1 N–H and O–H groups in total. The zero-order valence-corrected chi connectivity index (χ0v) is 12.7. The monoisotopic (exact) mass is 325 g/mol. The van der Waals surface area contributed by atoms with Crippen molar-refractivity contribution in [3.8, 4) is 0 Å². The molecule has 0 amide bonds. The molecule has 0 aliphatic carbocycles. The molecular weight excluding hydrogens is 297 g/mol. The second-order valence-corrected chi connectivity index (χ2v) is 5.12. The Balaban J connectivity index is 0.00000196. The van der Waals surface area contributed by atoms with Crippen LogP contribution in [0, 0.1) is 5.92 Å². The summed E-state index contributed by atoms with van der Waals surface area (Å²) in [6.07, 6.45) is 11.7. The van der Waals surface area contributed by atoms with E-state index < -0.39 is 0 Å². The molecule has 1 fully saturated rings. The van der Waals surface area contributed by atoms with Gasteiger partial charge in [0.05, 0.1) is 20.1 Å². The molecule has 0 bridgehead atoms. The van der Waals surface area contributed by atoms with Gasteiger partial charge in [-0.25, -0.2) is 0 Å². The van der Waals surface area contributed by atoms with E-state index in [1.165, 1.54) is 64.5 Å². The summed E-state index contributed by atoms with van der Waals surface area (Å²) in [5.74, 6) is 1.06. The third-order valence-electron chi connectivity index (χ3n) is 3.58. The molecule has 1 aliphatic rings. The second-order valence-electron chi connectivity index (χ2n) is 5.12. The lowest BCUT2D eigenvalue weighted by Gasteiger charge is -2.07. The van der Waals surface area contributed by atoms with Crippen molar-refractivity contribution in [1.29, 1.82) is 0 Å². The molecule has 1 saturated heterocycles. The van der Waals surface area contributed by atoms with Gasteiger partial charge >= 0.3 is 0 Å². The van der Waals surface area contributed by atoms with Crippen LogP contribution in [0.4, 0.5) is 0 Å². The fourth-order valence-corrected chi connectivity index (χ4v) is 2.61. The summed E-state index contributed by atoms with van der Waals surface area (Å²) in [6, 6.07) is 0. The van der Waals surface area contributed by atoms with Crippen LogP contribution < -0.4 is 28.9 Å². The molecule has 2 unspecified atom stereocenters. The molecule has 0 aromatic carbocycles. The molecule has 0 saturated carbocycles. The van der Waals surface area contributed by atoms with Crippen LogP contribution in [0.5, 0.6) is 0 Å². The van der Waals surface area contributed by atoms with Crippen molar-refractivity contribution in [2.24, 2.45) is 5.92 Å². The first-order valence-electron chi connectivity index (χ1n) is 6.64. The fourth-order valence-electron chi connectivity index (χ4n) is 2.61. The van der Waals surface area contributed by atoms with Gasteiger partial charge in [0.25, 0.3) is 0 Å². The molecule has 0 aromatic heterocycles. The highest BCUT2D eigenvalue weighted by Crippen LogP contribution is 2.15. The quantitative estimate of drug-likeness (QED) is 0.465. The number of hydrogen-bond donors (Lipinski definition) is 1. The molecule has 0 aromatic rings. The molecule has 1 rings (SSSR count). The Hall–Kier alpha value is 0.690. The molecule has 1 heterocycles. The van der Waals surface area contributed by atoms with Crippen LogP contribution in [-0.2, 0) is 0 Å². The fraction of sp³-hybridized carbons (Fsp3) is 1.00. The predicted molar refractivity (Wildman–Crippen MR) is 62.7 cm³/mol. The number of unbranched alkanes of at least 4 members (excludes halogenated alkanes) is 5. The lowest BCUT2D eigenvalue weighted by Crippen LogP contribution is -3.07. The van der Waals surface area contributed by atoms with E-state index >= 15 is 0 Å². The van der Waals surface area contributed by atoms with E-state index in [1.54, 1.807) is 4.90 Å². The molecule has 92 valence electrons. The Labute approximate surface area is 113 Å². The highest BCUT2D eigenvalue weighted by molar-refractivity contribution is 4.62. The van der Waals surface area contributed by atoms with Gasteiger partial charge in [0.1, 0.15) is 0 Å². The van der Waals surface area contributed by atoms with Crippen LogP contribution in [0.25, 0.3) is 0 Å². The standard InChI is InChI=1S/C13H27N.HI/c1-3-4-5-6-7-8-9-13-10-11-14(2)12-13;/h13H,3-12H2,1-2H3;1H. The molecular formula is C13H28IN. The average molecular weight is 325 g/mol. The van der Waals surface area contributed by atoms with Crippen LogP contribution in [0.3, 0.4) is 0 Å². The minimum Gasteiger partial charge on any atom is -1.00 e. The van der Waals surface area contributed by atoms with E-state index in [9.17, 15) is 0 Å². The largest absolute Gasteiger partial charge is 1.00 e. The van der Waals surface area contributed by atoms with Gasteiger partial charge in [-0.1, -0.05) is 45.4 Å². The van der Waals surface area contributed by atoms with E-state index in [2.05, 4.69) is 14.0 Å². The molecule has 0 spiro atoms. The van der Waals surface area contributed by atoms with Crippen LogP contribution >= 0.6 is 0 Å². The second kappa shape index (κ2) is 9.88. The summed E-state index contributed by atoms with van der Waals surface area (Å²) in [6.45, 7) is 5.15. The smallest absolute Gasteiger partial charge is 0.0799 e. The molecule has 15 heavy (non-hydrogen) atoms. The highest BCUT2D eigenvalue weighted by Gasteiger charge is 2.21. The lowest BCUT2D eigenvalue weighted by atomic mass is 10.00. The van der Waals surface area contributed by atoms with E-state index in [0.717, 1.165) is 5.92 Å². The van der Waals surface area contributed by atoms with Gasteiger partial charge in [-0.05, 0) is 6.42 Å². The maximum Gasteiger partial charge on any atom is 0.0799 e. The molecule has 2 heteroatoms. The summed E-state index contributed by atoms with van der Waals surface area (Å²) >= 11 is 0. The number of halogens is 1. The predicted octanol–water partition coefficient (Wildman–Crippen LogP) is -0.724. The van der Waals surface area contributed by atoms with Crippen molar-refractivity contribution in [2.75, 3.05) is 20.1 Å². The zero-order chi connectivity index (χ0) is 10.2. The van der Waals surface area contributed by atoms with Crippen molar-refractivity contribution in [3.05, 3.63) is 0 Å². The Morgan fingerprint density at radius 3 is 2.33 bits per heavy atom. The average Bonchev–Trinajstić information content (AvgIpc) is 2.58. The van der Waals surface area contributed by atoms with Crippen LogP contribution in [0.1, 0.15) is 58.3 Å². The van der Waals surface area contributed by atoms with Crippen molar-refractivity contribution in [2.45, 2.75) is 58.3 Å². The maximum absolute atomic E-state index is 2.33. The summed E-state index contributed by atoms with van der Waals surface area (Å²) in [5, 5.41) is 0. The molecule has 1 aliphatic heterocycles. The Bertz CT molecular complexity index is 138. The van der Waals surface area contributed by atoms with Crippen LogP contribution in [-0.4, -0.2) is 20.1 Å². The van der Waals surface area contributed by atoms with Crippen molar-refractivity contribution in [1.82, 2.24) is 0 Å². The van der Waals surface area contributed by atoms with Gasteiger partial charge in [0.2, 0.25) is 0 Å². The van der Waals surface area contributed by atoms with E-state index in [0.29, 0.717) is 0 Å². The number of rotatable bonds is 7. The van der Waals surface area contributed by atoms with Crippen molar-refractivity contribution < 1.29 is 28.9 Å². The SMILES string of the molecule is CCCCCCCCC1CC[NH+](C)C1.[I-]. The number of quaternary nitrogens is 1. The third-order valence-corrected chi connectivity index (χ3v) is 3.58. The molecule has 1 nitrogen and oxygen atoms in total. The molecule has 0 radical (unpaired) electrons. The minimum absolute atomic E-state index is 0. The number of hydrogen-bond acceptors (Lipinski definition) is 0. The van der Waals surface area contributed by atoms with Crippen LogP contribution in [0.15, 0.2) is 0 Å². The lowest BCUT2D eigenvalue weighted by molar-refractivity contribution is -0.867. The summed E-state index contributed by atoms with van der Waals surface area (Å²) in [7, 11) is 2.33. The van der Waals surface area contributed by atoms with E-state index in [4.69, 9.17) is 0 Å².